The molecule has 0 atom stereocenters. The quantitative estimate of drug-likeness (QED) is 0.460. The Kier molecular flexibility index (Phi) is 5.35. The molecule has 3 heterocycles. The van der Waals surface area contributed by atoms with Gasteiger partial charge in [0, 0.05) is 36.9 Å². The zero-order chi connectivity index (χ0) is 22.2. The molecule has 0 unspecified atom stereocenters. The Bertz CT molecular complexity index is 1280. The highest BCUT2D eigenvalue weighted by molar-refractivity contribution is 6.31. The van der Waals surface area contributed by atoms with Crippen LogP contribution in [0, 0.1) is 13.8 Å². The van der Waals surface area contributed by atoms with Crippen molar-refractivity contribution in [1.29, 1.82) is 0 Å². The van der Waals surface area contributed by atoms with Crippen LogP contribution in [-0.4, -0.2) is 53.0 Å². The van der Waals surface area contributed by atoms with Crippen molar-refractivity contribution in [2.45, 2.75) is 13.8 Å². The van der Waals surface area contributed by atoms with Gasteiger partial charge in [-0.05, 0) is 50.2 Å². The summed E-state index contributed by atoms with van der Waals surface area (Å²) >= 11 is 6.22. The number of anilines is 2. The van der Waals surface area contributed by atoms with Gasteiger partial charge in [0.25, 0.3) is 0 Å². The molecule has 4 aromatic rings. The summed E-state index contributed by atoms with van der Waals surface area (Å²) in [6.07, 6.45) is 0. The molecule has 164 valence electrons. The third-order valence-corrected chi connectivity index (χ3v) is 6.04. The van der Waals surface area contributed by atoms with E-state index in [0.29, 0.717) is 5.02 Å². The van der Waals surface area contributed by atoms with Gasteiger partial charge in [0.1, 0.15) is 5.75 Å². The number of hydrogen-bond acceptors (Lipinski definition) is 6. The molecule has 0 saturated carbocycles. The highest BCUT2D eigenvalue weighted by Gasteiger charge is 2.25. The number of piperazine rings is 1. The van der Waals surface area contributed by atoms with Crippen LogP contribution in [0.5, 0.6) is 5.75 Å². The van der Waals surface area contributed by atoms with Crippen molar-refractivity contribution in [2.75, 3.05) is 43.1 Å². The molecule has 1 aliphatic rings. The highest BCUT2D eigenvalue weighted by Crippen LogP contribution is 2.31. The van der Waals surface area contributed by atoms with Gasteiger partial charge in [0.05, 0.1) is 29.5 Å². The minimum atomic E-state index is 0.643. The molecule has 0 N–H and O–H groups in total. The molecule has 0 amide bonds. The first-order valence-corrected chi connectivity index (χ1v) is 11.0. The van der Waals surface area contributed by atoms with E-state index in [-0.39, 0.29) is 0 Å². The van der Waals surface area contributed by atoms with Crippen molar-refractivity contribution >= 4 is 34.1 Å². The molecule has 8 heteroatoms. The molecule has 1 saturated heterocycles. The van der Waals surface area contributed by atoms with Gasteiger partial charge in [0.2, 0.25) is 0 Å². The Morgan fingerprint density at radius 2 is 1.56 bits per heavy atom. The Balaban J connectivity index is 1.52. The molecule has 0 radical (unpaired) electrons. The Labute approximate surface area is 192 Å². The highest BCUT2D eigenvalue weighted by atomic mass is 35.5. The van der Waals surface area contributed by atoms with Gasteiger partial charge < -0.3 is 14.5 Å². The third kappa shape index (κ3) is 3.73. The Hall–Kier alpha value is -3.32. The summed E-state index contributed by atoms with van der Waals surface area (Å²) < 4.78 is 7.44. The molecule has 2 aromatic heterocycles. The van der Waals surface area contributed by atoms with E-state index in [0.717, 1.165) is 71.7 Å². The lowest BCUT2D eigenvalue weighted by Gasteiger charge is -2.37. The molecule has 32 heavy (non-hydrogen) atoms. The van der Waals surface area contributed by atoms with Gasteiger partial charge in [-0.15, -0.1) is 0 Å². The van der Waals surface area contributed by atoms with Crippen LogP contribution in [-0.2, 0) is 0 Å². The summed E-state index contributed by atoms with van der Waals surface area (Å²) in [4.78, 5) is 14.6. The fraction of sp³-hybridized carbons (Fsp3) is 0.292. The van der Waals surface area contributed by atoms with Crippen LogP contribution in [0.3, 0.4) is 0 Å². The predicted octanol–water partition coefficient (Wildman–Crippen LogP) is 4.42. The minimum Gasteiger partial charge on any atom is -0.495 e. The number of fused-ring (bicyclic) bond motifs is 1. The largest absolute Gasteiger partial charge is 0.495 e. The van der Waals surface area contributed by atoms with Crippen LogP contribution in [0.4, 0.5) is 11.5 Å². The predicted molar refractivity (Wildman–Crippen MR) is 129 cm³/mol. The van der Waals surface area contributed by atoms with E-state index >= 15 is 0 Å². The fourth-order valence-corrected chi connectivity index (χ4v) is 4.42. The molecule has 7 nitrogen and oxygen atoms in total. The van der Waals surface area contributed by atoms with Crippen molar-refractivity contribution in [3.05, 3.63) is 64.9 Å². The second-order valence-corrected chi connectivity index (χ2v) is 8.43. The van der Waals surface area contributed by atoms with E-state index in [1.165, 1.54) is 0 Å². The number of halogens is 1. The van der Waals surface area contributed by atoms with Crippen LogP contribution in [0.2, 0.25) is 5.02 Å². The number of nitrogens with zero attached hydrogens (tertiary/aromatic N) is 6. The number of methoxy groups -OCH3 is 1. The number of benzene rings is 2. The molecule has 0 bridgehead atoms. The normalized spacial score (nSPS) is 14.2. The van der Waals surface area contributed by atoms with E-state index in [1.807, 2.05) is 61.0 Å². The van der Waals surface area contributed by atoms with Crippen molar-refractivity contribution in [1.82, 2.24) is 19.7 Å². The van der Waals surface area contributed by atoms with E-state index in [2.05, 4.69) is 21.0 Å². The molecule has 0 aliphatic carbocycles. The SMILES string of the molecule is COc1ccccc1N1CCN(c2nc3ccc(Cl)cc3nc2-n2nc(C)cc2C)CC1. The zero-order valence-corrected chi connectivity index (χ0v) is 19.2. The maximum atomic E-state index is 6.22. The number of hydrogen-bond donors (Lipinski definition) is 0. The zero-order valence-electron chi connectivity index (χ0n) is 18.4. The van der Waals surface area contributed by atoms with Crippen molar-refractivity contribution in [2.24, 2.45) is 0 Å². The Morgan fingerprint density at radius 3 is 2.28 bits per heavy atom. The lowest BCUT2D eigenvalue weighted by Crippen LogP contribution is -2.47. The molecule has 1 aliphatic heterocycles. The summed E-state index contributed by atoms with van der Waals surface area (Å²) in [7, 11) is 1.71. The summed E-state index contributed by atoms with van der Waals surface area (Å²) in [6, 6.07) is 15.8. The molecule has 1 fully saturated rings. The number of aryl methyl sites for hydroxylation is 2. The standard InChI is InChI=1S/C24H25ClN6O/c1-16-14-17(2)31(28-16)24-23(26-19-9-8-18(25)15-20(19)27-24)30-12-10-29(11-13-30)21-6-4-5-7-22(21)32-3/h4-9,14-15H,10-13H2,1-3H3. The summed E-state index contributed by atoms with van der Waals surface area (Å²) in [5.74, 6) is 2.47. The Morgan fingerprint density at radius 1 is 0.844 bits per heavy atom. The third-order valence-electron chi connectivity index (χ3n) is 5.81. The van der Waals surface area contributed by atoms with Crippen molar-refractivity contribution in [3.8, 4) is 11.6 Å². The van der Waals surface area contributed by atoms with Crippen LogP contribution in [0.1, 0.15) is 11.4 Å². The molecule has 0 spiro atoms. The van der Waals surface area contributed by atoms with Crippen LogP contribution in [0.25, 0.3) is 16.9 Å². The first-order valence-electron chi connectivity index (χ1n) is 10.7. The first kappa shape index (κ1) is 20.6. The van der Waals surface area contributed by atoms with E-state index in [4.69, 9.17) is 26.3 Å². The van der Waals surface area contributed by atoms with Crippen molar-refractivity contribution in [3.63, 3.8) is 0 Å². The number of ether oxygens (including phenoxy) is 1. The molecular weight excluding hydrogens is 424 g/mol. The van der Waals surface area contributed by atoms with Gasteiger partial charge in [-0.25, -0.2) is 14.6 Å². The maximum absolute atomic E-state index is 6.22. The van der Waals surface area contributed by atoms with Crippen molar-refractivity contribution < 1.29 is 4.74 Å². The lowest BCUT2D eigenvalue weighted by molar-refractivity contribution is 0.413. The first-order chi connectivity index (χ1) is 15.5. The summed E-state index contributed by atoms with van der Waals surface area (Å²) in [5.41, 5.74) is 4.67. The smallest absolute Gasteiger partial charge is 0.197 e. The van der Waals surface area contributed by atoms with Gasteiger partial charge >= 0.3 is 0 Å². The van der Waals surface area contributed by atoms with E-state index in [9.17, 15) is 0 Å². The van der Waals surface area contributed by atoms with Gasteiger partial charge in [-0.1, -0.05) is 23.7 Å². The minimum absolute atomic E-state index is 0.643. The van der Waals surface area contributed by atoms with Crippen LogP contribution in [0.15, 0.2) is 48.5 Å². The van der Waals surface area contributed by atoms with Gasteiger partial charge in [0.15, 0.2) is 11.6 Å². The summed E-state index contributed by atoms with van der Waals surface area (Å²) in [5, 5.41) is 5.32. The van der Waals surface area contributed by atoms with Gasteiger partial charge in [-0.2, -0.15) is 5.10 Å². The fourth-order valence-electron chi connectivity index (χ4n) is 4.26. The molecule has 5 rings (SSSR count). The average Bonchev–Trinajstić information content (AvgIpc) is 3.16. The van der Waals surface area contributed by atoms with Gasteiger partial charge in [-0.3, -0.25) is 0 Å². The van der Waals surface area contributed by atoms with E-state index in [1.54, 1.807) is 7.11 Å². The van der Waals surface area contributed by atoms with Crippen LogP contribution >= 0.6 is 11.6 Å². The second kappa shape index (κ2) is 8.31. The molecule has 2 aromatic carbocycles. The monoisotopic (exact) mass is 448 g/mol. The number of aromatic nitrogens is 4. The van der Waals surface area contributed by atoms with E-state index < -0.39 is 0 Å². The number of para-hydroxylation sites is 2. The van der Waals surface area contributed by atoms with Crippen LogP contribution < -0.4 is 14.5 Å². The lowest BCUT2D eigenvalue weighted by atomic mass is 10.2. The molecular formula is C24H25ClN6O. The topological polar surface area (TPSA) is 59.3 Å². The maximum Gasteiger partial charge on any atom is 0.197 e. The summed E-state index contributed by atoms with van der Waals surface area (Å²) in [6.45, 7) is 7.37. The average molecular weight is 449 g/mol. The second-order valence-electron chi connectivity index (χ2n) is 7.99. The number of rotatable bonds is 4.